The Morgan fingerprint density at radius 2 is 2.06 bits per heavy atom. The molecule has 2 heterocycles. The van der Waals surface area contributed by atoms with Crippen molar-refractivity contribution in [1.29, 1.82) is 0 Å². The monoisotopic (exact) mass is 445 g/mol. The van der Waals surface area contributed by atoms with E-state index in [2.05, 4.69) is 26.8 Å². The number of ether oxygens (including phenoxy) is 1. The van der Waals surface area contributed by atoms with Crippen molar-refractivity contribution in [3.8, 4) is 23.2 Å². The highest BCUT2D eigenvalue weighted by Gasteiger charge is 2.26. The largest absolute Gasteiger partial charge is 0.461 e. The maximum absolute atomic E-state index is 13.8. The molecule has 4 rings (SSSR count). The minimum Gasteiger partial charge on any atom is -0.461 e. The molecule has 0 saturated carbocycles. The number of halogens is 1. The van der Waals surface area contributed by atoms with Crippen LogP contribution in [-0.4, -0.2) is 32.6 Å². The molecule has 0 bridgehead atoms. The van der Waals surface area contributed by atoms with Crippen LogP contribution in [0, 0.1) is 24.6 Å². The molecule has 1 N–H and O–H groups in total. The molecular formula is C25H20FN3O4. The van der Waals surface area contributed by atoms with E-state index in [1.165, 1.54) is 31.3 Å². The lowest BCUT2D eigenvalue weighted by molar-refractivity contribution is 0.0522. The third-order valence-corrected chi connectivity index (χ3v) is 4.74. The van der Waals surface area contributed by atoms with E-state index in [1.807, 2.05) is 0 Å². The van der Waals surface area contributed by atoms with Crippen LogP contribution in [0.1, 0.15) is 41.6 Å². The number of nitrogens with zero attached hydrogens (tertiary/aromatic N) is 3. The molecule has 2 aromatic heterocycles. The lowest BCUT2D eigenvalue weighted by atomic mass is 10.1. The van der Waals surface area contributed by atoms with Crippen molar-refractivity contribution in [2.75, 3.05) is 6.61 Å². The second-order valence-electron chi connectivity index (χ2n) is 7.46. The molecule has 2 aromatic carbocycles. The number of oxazole rings is 1. The number of hydrogen-bond acceptors (Lipinski definition) is 7. The van der Waals surface area contributed by atoms with Gasteiger partial charge in [0.15, 0.2) is 17.1 Å². The quantitative estimate of drug-likeness (QED) is 0.372. The van der Waals surface area contributed by atoms with Gasteiger partial charge in [0.1, 0.15) is 11.6 Å². The van der Waals surface area contributed by atoms with Crippen molar-refractivity contribution in [2.45, 2.75) is 26.4 Å². The van der Waals surface area contributed by atoms with Gasteiger partial charge in [-0.1, -0.05) is 24.0 Å². The molecule has 4 aromatic rings. The van der Waals surface area contributed by atoms with Crippen molar-refractivity contribution in [1.82, 2.24) is 15.0 Å². The number of aromatic nitrogens is 3. The Bertz CT molecular complexity index is 1420. The second kappa shape index (κ2) is 8.81. The highest BCUT2D eigenvalue weighted by atomic mass is 19.1. The Morgan fingerprint density at radius 3 is 2.79 bits per heavy atom. The number of hydrogen-bond donors (Lipinski definition) is 1. The number of carbonyl (C=O) groups is 1. The summed E-state index contributed by atoms with van der Waals surface area (Å²) in [5, 5.41) is 11.0. The first-order chi connectivity index (χ1) is 15.8. The summed E-state index contributed by atoms with van der Waals surface area (Å²) >= 11 is 0. The average Bonchev–Trinajstić information content (AvgIpc) is 3.24. The summed E-state index contributed by atoms with van der Waals surface area (Å²) in [4.78, 5) is 25.3. The van der Waals surface area contributed by atoms with Crippen LogP contribution in [0.4, 0.5) is 4.39 Å². The van der Waals surface area contributed by atoms with Crippen molar-refractivity contribution >= 4 is 16.9 Å². The fraction of sp³-hybridized carbons (Fsp3) is 0.200. The van der Waals surface area contributed by atoms with Gasteiger partial charge in [-0.2, -0.15) is 0 Å². The van der Waals surface area contributed by atoms with E-state index in [9.17, 15) is 14.3 Å². The molecule has 7 nitrogen and oxygen atoms in total. The summed E-state index contributed by atoms with van der Waals surface area (Å²) in [6.45, 7) is 5.08. The molecule has 1 atom stereocenters. The highest BCUT2D eigenvalue weighted by molar-refractivity contribution is 6.02. The number of carbonyl (C=O) groups excluding carboxylic acids is 1. The van der Waals surface area contributed by atoms with Gasteiger partial charge in [-0.25, -0.2) is 24.1 Å². The van der Waals surface area contributed by atoms with Gasteiger partial charge in [-0.15, -0.1) is 0 Å². The minimum absolute atomic E-state index is 0.0514. The smallest absolute Gasteiger partial charge is 0.357 e. The Hall–Kier alpha value is -4.09. The molecule has 0 aliphatic rings. The van der Waals surface area contributed by atoms with E-state index in [0.717, 1.165) is 0 Å². The Balaban J connectivity index is 1.76. The van der Waals surface area contributed by atoms with E-state index < -0.39 is 17.4 Å². The lowest BCUT2D eigenvalue weighted by Crippen LogP contribution is -2.18. The van der Waals surface area contributed by atoms with Gasteiger partial charge in [0.2, 0.25) is 5.89 Å². The average molecular weight is 445 g/mol. The number of benzene rings is 2. The first-order valence-corrected chi connectivity index (χ1v) is 10.2. The Morgan fingerprint density at radius 1 is 1.24 bits per heavy atom. The molecule has 0 fully saturated rings. The van der Waals surface area contributed by atoms with Crippen LogP contribution in [0.15, 0.2) is 53.1 Å². The first-order valence-electron chi connectivity index (χ1n) is 10.2. The summed E-state index contributed by atoms with van der Waals surface area (Å²) in [6.07, 6.45) is 1.51. The molecule has 166 valence electrons. The highest BCUT2D eigenvalue weighted by Crippen LogP contribution is 2.24. The molecule has 0 aliphatic carbocycles. The van der Waals surface area contributed by atoms with Crippen LogP contribution in [-0.2, 0) is 10.3 Å². The number of aryl methyl sites for hydroxylation is 1. The zero-order valence-electron chi connectivity index (χ0n) is 18.2. The molecule has 1 unspecified atom stereocenters. The van der Waals surface area contributed by atoms with Crippen LogP contribution in [0.3, 0.4) is 0 Å². The van der Waals surface area contributed by atoms with Crippen molar-refractivity contribution in [3.63, 3.8) is 0 Å². The van der Waals surface area contributed by atoms with Crippen LogP contribution < -0.4 is 0 Å². The summed E-state index contributed by atoms with van der Waals surface area (Å²) in [7, 11) is 0. The van der Waals surface area contributed by atoms with Crippen LogP contribution in [0.25, 0.3) is 22.3 Å². The van der Waals surface area contributed by atoms with E-state index in [4.69, 9.17) is 9.15 Å². The van der Waals surface area contributed by atoms with Gasteiger partial charge in [0.25, 0.3) is 0 Å². The molecular weight excluding hydrogens is 425 g/mol. The van der Waals surface area contributed by atoms with Gasteiger partial charge < -0.3 is 14.3 Å². The van der Waals surface area contributed by atoms with Crippen LogP contribution in [0.5, 0.6) is 0 Å². The molecule has 0 saturated heterocycles. The van der Waals surface area contributed by atoms with Gasteiger partial charge >= 0.3 is 5.97 Å². The molecule has 0 radical (unpaired) electrons. The van der Waals surface area contributed by atoms with Crippen LogP contribution >= 0.6 is 0 Å². The van der Waals surface area contributed by atoms with Crippen LogP contribution in [0.2, 0.25) is 0 Å². The van der Waals surface area contributed by atoms with E-state index in [0.29, 0.717) is 22.3 Å². The van der Waals surface area contributed by atoms with Crippen molar-refractivity contribution < 1.29 is 23.4 Å². The van der Waals surface area contributed by atoms with Gasteiger partial charge in [-0.05, 0) is 45.0 Å². The lowest BCUT2D eigenvalue weighted by Gasteiger charge is -2.11. The molecule has 8 heteroatoms. The third-order valence-electron chi connectivity index (χ3n) is 4.74. The van der Waals surface area contributed by atoms with Gasteiger partial charge in [0, 0.05) is 22.6 Å². The van der Waals surface area contributed by atoms with E-state index >= 15 is 0 Å². The summed E-state index contributed by atoms with van der Waals surface area (Å²) in [6, 6.07) is 10.9. The van der Waals surface area contributed by atoms with E-state index in [-0.39, 0.29) is 29.5 Å². The topological polar surface area (TPSA) is 98.3 Å². The zero-order chi connectivity index (χ0) is 23.6. The Labute approximate surface area is 189 Å². The van der Waals surface area contributed by atoms with Crippen molar-refractivity contribution in [3.05, 3.63) is 77.4 Å². The maximum atomic E-state index is 13.8. The summed E-state index contributed by atoms with van der Waals surface area (Å²) in [5.74, 6) is 5.43. The fourth-order valence-electron chi connectivity index (χ4n) is 3.15. The number of esters is 1. The number of rotatable bonds is 4. The third kappa shape index (κ3) is 4.73. The maximum Gasteiger partial charge on any atom is 0.357 e. The molecule has 0 aliphatic heterocycles. The summed E-state index contributed by atoms with van der Waals surface area (Å²) < 4.78 is 24.3. The number of aliphatic hydroxyl groups is 1. The zero-order valence-corrected chi connectivity index (χ0v) is 18.2. The van der Waals surface area contributed by atoms with Gasteiger partial charge in [-0.3, -0.25) is 0 Å². The fourth-order valence-corrected chi connectivity index (χ4v) is 3.15. The normalized spacial score (nSPS) is 12.6. The Kier molecular flexibility index (Phi) is 5.90. The first kappa shape index (κ1) is 22.1. The molecule has 0 spiro atoms. The predicted molar refractivity (Wildman–Crippen MR) is 119 cm³/mol. The minimum atomic E-state index is -1.58. The SMILES string of the molecule is CCOC(=O)c1nc(-c2cccc(C#CC(C)(O)c3ncc(C)o3)c2)nc2cc(F)ccc12. The summed E-state index contributed by atoms with van der Waals surface area (Å²) in [5.41, 5.74) is -0.128. The predicted octanol–water partition coefficient (Wildman–Crippen LogP) is 4.17. The van der Waals surface area contributed by atoms with Gasteiger partial charge in [0.05, 0.1) is 18.3 Å². The van der Waals surface area contributed by atoms with Crippen molar-refractivity contribution in [2.24, 2.45) is 0 Å². The number of fused-ring (bicyclic) bond motifs is 1. The molecule has 0 amide bonds. The molecule has 33 heavy (non-hydrogen) atoms. The second-order valence-corrected chi connectivity index (χ2v) is 7.46. The van der Waals surface area contributed by atoms with E-state index in [1.54, 1.807) is 38.1 Å². The standard InChI is InChI=1S/C25H20FN3O4/c1-4-32-23(30)21-19-9-8-18(26)13-20(19)28-22(29-21)17-7-5-6-16(12-17)10-11-25(3,31)24-27-14-15(2)33-24/h5-9,12-14,31H,4H2,1-3H3.